The topological polar surface area (TPSA) is 64.1 Å². The molecule has 0 bridgehead atoms. The quantitative estimate of drug-likeness (QED) is 0.442. The van der Waals surface area contributed by atoms with Crippen molar-refractivity contribution in [3.8, 4) is 16.9 Å². The second kappa shape index (κ2) is 9.43. The van der Waals surface area contributed by atoms with Gasteiger partial charge in [0.1, 0.15) is 18.2 Å². The van der Waals surface area contributed by atoms with Crippen molar-refractivity contribution in [1.82, 2.24) is 15.3 Å². The summed E-state index contributed by atoms with van der Waals surface area (Å²) in [6.07, 6.45) is 5.49. The van der Waals surface area contributed by atoms with Gasteiger partial charge >= 0.3 is 0 Å². The van der Waals surface area contributed by atoms with Gasteiger partial charge in [-0.15, -0.1) is 0 Å². The standard InChI is InChI=1S/C27H22ClN3O2/c28-24-13-20(22-14-29-17-30-15-22)11-21-12-23(33-26(21)24)16-31-27(32)25(18-7-3-1-4-8-18)19-9-5-2-6-10-19/h1-11,13-15,17,23,25H,12,16H2,(H,31,32). The Kier molecular flexibility index (Phi) is 6.05. The maximum absolute atomic E-state index is 13.3. The molecule has 1 aliphatic heterocycles. The Hall–Kier alpha value is -3.70. The van der Waals surface area contributed by atoms with E-state index in [1.165, 1.54) is 6.33 Å². The van der Waals surface area contributed by atoms with E-state index in [4.69, 9.17) is 16.3 Å². The molecule has 33 heavy (non-hydrogen) atoms. The van der Waals surface area contributed by atoms with Gasteiger partial charge in [0.05, 0.1) is 17.5 Å². The zero-order chi connectivity index (χ0) is 22.6. The Labute approximate surface area is 197 Å². The third kappa shape index (κ3) is 4.59. The van der Waals surface area contributed by atoms with Crippen molar-refractivity contribution in [1.29, 1.82) is 0 Å². The molecule has 1 unspecified atom stereocenters. The Bertz CT molecular complexity index is 1210. The van der Waals surface area contributed by atoms with Crippen LogP contribution >= 0.6 is 11.6 Å². The number of benzene rings is 3. The first kappa shape index (κ1) is 21.2. The van der Waals surface area contributed by atoms with Crippen LogP contribution in [0.5, 0.6) is 5.75 Å². The van der Waals surface area contributed by atoms with E-state index in [9.17, 15) is 4.79 Å². The van der Waals surface area contributed by atoms with E-state index in [1.54, 1.807) is 12.4 Å². The highest BCUT2D eigenvalue weighted by Crippen LogP contribution is 2.39. The summed E-state index contributed by atoms with van der Waals surface area (Å²) in [4.78, 5) is 21.4. The van der Waals surface area contributed by atoms with Crippen LogP contribution in [0.25, 0.3) is 11.1 Å². The predicted molar refractivity (Wildman–Crippen MR) is 128 cm³/mol. The molecule has 0 spiro atoms. The summed E-state index contributed by atoms with van der Waals surface area (Å²) in [5.74, 6) is 0.240. The zero-order valence-electron chi connectivity index (χ0n) is 17.8. The molecule has 1 aliphatic rings. The van der Waals surface area contributed by atoms with E-state index < -0.39 is 0 Å². The molecule has 0 fully saturated rings. The number of hydrogen-bond donors (Lipinski definition) is 1. The monoisotopic (exact) mass is 455 g/mol. The highest BCUT2D eigenvalue weighted by molar-refractivity contribution is 6.32. The predicted octanol–water partition coefficient (Wildman–Crippen LogP) is 5.05. The molecule has 0 aliphatic carbocycles. The smallest absolute Gasteiger partial charge is 0.232 e. The number of aromatic nitrogens is 2. The number of ether oxygens (including phenoxy) is 1. The number of hydrogen-bond acceptors (Lipinski definition) is 4. The molecule has 1 aromatic heterocycles. The summed E-state index contributed by atoms with van der Waals surface area (Å²) >= 11 is 6.51. The molecule has 1 N–H and O–H groups in total. The van der Waals surface area contributed by atoms with Crippen LogP contribution in [-0.4, -0.2) is 28.5 Å². The van der Waals surface area contributed by atoms with Crippen molar-refractivity contribution in [3.63, 3.8) is 0 Å². The SMILES string of the molecule is O=C(NCC1Cc2cc(-c3cncnc3)cc(Cl)c2O1)C(c1ccccc1)c1ccccc1. The van der Waals surface area contributed by atoms with Crippen LogP contribution in [0.4, 0.5) is 0 Å². The van der Waals surface area contributed by atoms with E-state index >= 15 is 0 Å². The van der Waals surface area contributed by atoms with Gasteiger partial charge in [0.25, 0.3) is 0 Å². The Morgan fingerprint density at radius 3 is 2.24 bits per heavy atom. The molecule has 164 valence electrons. The summed E-state index contributed by atoms with van der Waals surface area (Å²) in [6, 6.07) is 23.5. The van der Waals surface area contributed by atoms with E-state index in [0.717, 1.165) is 27.8 Å². The molecule has 0 saturated heterocycles. The fourth-order valence-corrected chi connectivity index (χ4v) is 4.50. The molecule has 4 aromatic rings. The van der Waals surface area contributed by atoms with Gasteiger partial charge in [-0.05, 0) is 28.8 Å². The van der Waals surface area contributed by atoms with Gasteiger partial charge in [0.2, 0.25) is 5.91 Å². The highest BCUT2D eigenvalue weighted by Gasteiger charge is 2.28. The Balaban J connectivity index is 1.30. The lowest BCUT2D eigenvalue weighted by molar-refractivity contribution is -0.122. The largest absolute Gasteiger partial charge is 0.486 e. The van der Waals surface area contributed by atoms with Crippen molar-refractivity contribution in [2.24, 2.45) is 0 Å². The van der Waals surface area contributed by atoms with Gasteiger partial charge in [0.15, 0.2) is 0 Å². The van der Waals surface area contributed by atoms with E-state index in [1.807, 2.05) is 66.7 Å². The third-order valence-electron chi connectivity index (χ3n) is 5.78. The maximum Gasteiger partial charge on any atom is 0.232 e. The number of carbonyl (C=O) groups is 1. The minimum atomic E-state index is -0.385. The normalized spacial score (nSPS) is 14.5. The summed E-state index contributed by atoms with van der Waals surface area (Å²) in [6.45, 7) is 0.393. The first-order valence-corrected chi connectivity index (χ1v) is 11.2. The summed E-state index contributed by atoms with van der Waals surface area (Å²) in [5.41, 5.74) is 4.76. The Morgan fingerprint density at radius 1 is 0.970 bits per heavy atom. The first-order chi connectivity index (χ1) is 16.2. The number of halogens is 1. The molecule has 1 atom stereocenters. The summed E-state index contributed by atoms with van der Waals surface area (Å²) < 4.78 is 6.09. The van der Waals surface area contributed by atoms with Crippen LogP contribution in [0.1, 0.15) is 22.6 Å². The molecule has 3 aromatic carbocycles. The molecule has 5 nitrogen and oxygen atoms in total. The van der Waals surface area contributed by atoms with E-state index in [-0.39, 0.29) is 17.9 Å². The lowest BCUT2D eigenvalue weighted by Crippen LogP contribution is -2.37. The summed E-state index contributed by atoms with van der Waals surface area (Å²) in [5, 5.41) is 3.64. The summed E-state index contributed by atoms with van der Waals surface area (Å²) in [7, 11) is 0. The number of carbonyl (C=O) groups excluding carboxylic acids is 1. The van der Waals surface area contributed by atoms with Crippen molar-refractivity contribution in [2.75, 3.05) is 6.54 Å². The average Bonchev–Trinajstić information content (AvgIpc) is 3.29. The molecule has 2 heterocycles. The molecular formula is C27H22ClN3O2. The van der Waals surface area contributed by atoms with Gasteiger partial charge in [-0.25, -0.2) is 9.97 Å². The fourth-order valence-electron chi connectivity index (χ4n) is 4.22. The van der Waals surface area contributed by atoms with E-state index in [2.05, 4.69) is 21.4 Å². The Morgan fingerprint density at radius 2 is 1.61 bits per heavy atom. The molecule has 0 radical (unpaired) electrons. The zero-order valence-corrected chi connectivity index (χ0v) is 18.6. The van der Waals surface area contributed by atoms with E-state index in [0.29, 0.717) is 23.7 Å². The molecule has 6 heteroatoms. The lowest BCUT2D eigenvalue weighted by atomic mass is 9.90. The fraction of sp³-hybridized carbons (Fsp3) is 0.148. The highest BCUT2D eigenvalue weighted by atomic mass is 35.5. The van der Waals surface area contributed by atoms with Crippen molar-refractivity contribution < 1.29 is 9.53 Å². The van der Waals surface area contributed by atoms with Gasteiger partial charge in [0, 0.05) is 29.9 Å². The van der Waals surface area contributed by atoms with Crippen molar-refractivity contribution in [3.05, 3.63) is 113 Å². The van der Waals surface area contributed by atoms with Crippen LogP contribution < -0.4 is 10.1 Å². The van der Waals surface area contributed by atoms with Crippen LogP contribution in [0.3, 0.4) is 0 Å². The van der Waals surface area contributed by atoms with Crippen molar-refractivity contribution in [2.45, 2.75) is 18.4 Å². The molecular weight excluding hydrogens is 434 g/mol. The van der Waals surface area contributed by atoms with Crippen molar-refractivity contribution >= 4 is 17.5 Å². The number of nitrogens with one attached hydrogen (secondary N) is 1. The average molecular weight is 456 g/mol. The third-order valence-corrected chi connectivity index (χ3v) is 6.06. The maximum atomic E-state index is 13.3. The lowest BCUT2D eigenvalue weighted by Gasteiger charge is -2.19. The first-order valence-electron chi connectivity index (χ1n) is 10.8. The molecule has 0 saturated carbocycles. The van der Waals surface area contributed by atoms with Crippen LogP contribution in [-0.2, 0) is 11.2 Å². The second-order valence-electron chi connectivity index (χ2n) is 8.02. The second-order valence-corrected chi connectivity index (χ2v) is 8.42. The number of fused-ring (bicyclic) bond motifs is 1. The van der Waals surface area contributed by atoms with Gasteiger partial charge < -0.3 is 10.1 Å². The van der Waals surface area contributed by atoms with Gasteiger partial charge in [-0.3, -0.25) is 4.79 Å². The minimum Gasteiger partial charge on any atom is -0.486 e. The molecule has 5 rings (SSSR count). The molecule has 1 amide bonds. The number of amides is 1. The minimum absolute atomic E-state index is 0.0554. The van der Waals surface area contributed by atoms with Crippen LogP contribution in [0.15, 0.2) is 91.5 Å². The number of rotatable bonds is 6. The number of nitrogens with zero attached hydrogens (tertiary/aromatic N) is 2. The van der Waals surface area contributed by atoms with Gasteiger partial charge in [-0.2, -0.15) is 0 Å². The van der Waals surface area contributed by atoms with Crippen LogP contribution in [0.2, 0.25) is 5.02 Å². The van der Waals surface area contributed by atoms with Gasteiger partial charge in [-0.1, -0.05) is 72.3 Å². The van der Waals surface area contributed by atoms with Crippen LogP contribution in [0, 0.1) is 0 Å².